The van der Waals surface area contributed by atoms with Gasteiger partial charge in [0.15, 0.2) is 11.6 Å². The van der Waals surface area contributed by atoms with Crippen LogP contribution in [-0.2, 0) is 16.0 Å². The number of nitrogens with one attached hydrogen (secondary N) is 1. The number of ether oxygens (including phenoxy) is 2. The molecule has 3 heterocycles. The van der Waals surface area contributed by atoms with E-state index in [9.17, 15) is 19.1 Å². The van der Waals surface area contributed by atoms with E-state index < -0.39 is 17.4 Å². The zero-order valence-corrected chi connectivity index (χ0v) is 22.1. The Morgan fingerprint density at radius 3 is 2.68 bits per heavy atom. The summed E-state index contributed by atoms with van der Waals surface area (Å²) in [5, 5.41) is 11.0. The minimum atomic E-state index is -1.17. The predicted octanol–water partition coefficient (Wildman–Crippen LogP) is 3.66. The first-order valence-corrected chi connectivity index (χ1v) is 12.8. The van der Waals surface area contributed by atoms with Crippen LogP contribution >= 0.6 is 0 Å². The Hall–Kier alpha value is -3.63. The van der Waals surface area contributed by atoms with E-state index >= 15 is 0 Å². The number of aromatic nitrogens is 1. The van der Waals surface area contributed by atoms with Crippen LogP contribution in [0.3, 0.4) is 0 Å². The quantitative estimate of drug-likeness (QED) is 0.415. The number of methoxy groups -OCH3 is 2. The maximum atomic E-state index is 14.6. The van der Waals surface area contributed by atoms with Crippen LogP contribution in [0.5, 0.6) is 11.5 Å². The van der Waals surface area contributed by atoms with Crippen molar-refractivity contribution in [1.82, 2.24) is 19.7 Å². The Kier molecular flexibility index (Phi) is 6.79. The van der Waals surface area contributed by atoms with E-state index in [1.54, 1.807) is 43.2 Å². The van der Waals surface area contributed by atoms with Crippen LogP contribution in [0, 0.1) is 5.82 Å². The van der Waals surface area contributed by atoms with Gasteiger partial charge in [-0.3, -0.25) is 19.5 Å². The molecule has 2 atom stereocenters. The van der Waals surface area contributed by atoms with Crippen molar-refractivity contribution in [3.8, 4) is 11.5 Å². The maximum absolute atomic E-state index is 14.6. The van der Waals surface area contributed by atoms with Crippen molar-refractivity contribution < 1.29 is 28.6 Å². The molecular formula is C28H33FN4O5. The molecule has 2 N–H and O–H groups in total. The van der Waals surface area contributed by atoms with Gasteiger partial charge in [0.2, 0.25) is 0 Å². The number of halogens is 1. The van der Waals surface area contributed by atoms with E-state index in [2.05, 4.69) is 9.88 Å². The highest BCUT2D eigenvalue weighted by atomic mass is 19.1. The first kappa shape index (κ1) is 26.0. The lowest BCUT2D eigenvalue weighted by molar-refractivity contribution is -0.133. The number of carbonyl (C=O) groups is 2. The molecule has 1 saturated heterocycles. The summed E-state index contributed by atoms with van der Waals surface area (Å²) < 4.78 is 25.0. The highest BCUT2D eigenvalue weighted by Crippen LogP contribution is 2.49. The summed E-state index contributed by atoms with van der Waals surface area (Å²) in [6.07, 6.45) is 0.259. The number of hydrogen-bond donors (Lipinski definition) is 2. The third kappa shape index (κ3) is 4.08. The summed E-state index contributed by atoms with van der Waals surface area (Å²) in [4.78, 5) is 36.3. The topological polar surface area (TPSA) is 98.3 Å². The van der Waals surface area contributed by atoms with Gasteiger partial charge in [-0.15, -0.1) is 0 Å². The standard InChI is InChI=1S/C28H33FN4O5/c1-5-31(11-12-37-3)9-10-32-26(35)28(2)16-20-19-14-23(38-4)21(29)15-22(19)30-24(20)25(33(28)27(32)36)17-7-6-8-18(34)13-17/h6-8,13-15,25,30,34H,5,9-12,16H2,1-4H3. The van der Waals surface area contributed by atoms with E-state index in [1.807, 2.05) is 13.0 Å². The largest absolute Gasteiger partial charge is 0.508 e. The van der Waals surface area contributed by atoms with Gasteiger partial charge in [-0.1, -0.05) is 19.1 Å². The van der Waals surface area contributed by atoms with Gasteiger partial charge in [-0.25, -0.2) is 9.18 Å². The normalized spacial score (nSPS) is 20.9. The molecule has 2 aliphatic rings. The summed E-state index contributed by atoms with van der Waals surface area (Å²) in [6, 6.07) is 8.60. The molecule has 2 aliphatic heterocycles. The summed E-state index contributed by atoms with van der Waals surface area (Å²) in [6.45, 7) is 6.62. The number of urea groups is 1. The molecule has 0 saturated carbocycles. The minimum Gasteiger partial charge on any atom is -0.508 e. The zero-order valence-electron chi connectivity index (χ0n) is 22.1. The molecule has 38 heavy (non-hydrogen) atoms. The molecule has 0 radical (unpaired) electrons. The van der Waals surface area contributed by atoms with Crippen molar-refractivity contribution in [2.24, 2.45) is 0 Å². The van der Waals surface area contributed by atoms with Gasteiger partial charge < -0.3 is 19.6 Å². The fourth-order valence-corrected chi connectivity index (χ4v) is 5.80. The predicted molar refractivity (Wildman–Crippen MR) is 140 cm³/mol. The second-order valence-corrected chi connectivity index (χ2v) is 10.0. The lowest BCUT2D eigenvalue weighted by atomic mass is 9.81. The Balaban J connectivity index is 1.60. The van der Waals surface area contributed by atoms with Crippen molar-refractivity contribution in [2.45, 2.75) is 31.8 Å². The molecule has 202 valence electrons. The highest BCUT2D eigenvalue weighted by molar-refractivity contribution is 6.08. The van der Waals surface area contributed by atoms with Crippen LogP contribution in [-0.4, -0.2) is 89.3 Å². The fraction of sp³-hybridized carbons (Fsp3) is 0.429. The number of imide groups is 1. The maximum Gasteiger partial charge on any atom is 0.328 e. The SMILES string of the molecule is CCN(CCOC)CCN1C(=O)N2C(c3cccc(O)c3)c3[nH]c4cc(F)c(OC)cc4c3CC2(C)C1=O. The summed E-state index contributed by atoms with van der Waals surface area (Å²) in [7, 11) is 3.05. The average molecular weight is 525 g/mol. The molecular weight excluding hydrogens is 491 g/mol. The molecule has 9 nitrogen and oxygen atoms in total. The summed E-state index contributed by atoms with van der Waals surface area (Å²) >= 11 is 0. The fourth-order valence-electron chi connectivity index (χ4n) is 5.80. The second kappa shape index (κ2) is 9.92. The summed E-state index contributed by atoms with van der Waals surface area (Å²) in [5.41, 5.74) is 1.55. The molecule has 3 aromatic rings. The number of rotatable bonds is 9. The van der Waals surface area contributed by atoms with Gasteiger partial charge in [0.25, 0.3) is 5.91 Å². The smallest absolute Gasteiger partial charge is 0.328 e. The van der Waals surface area contributed by atoms with Crippen LogP contribution in [0.1, 0.15) is 36.7 Å². The number of hydrogen-bond acceptors (Lipinski definition) is 6. The second-order valence-electron chi connectivity index (χ2n) is 10.0. The first-order valence-electron chi connectivity index (χ1n) is 12.8. The van der Waals surface area contributed by atoms with E-state index in [1.165, 1.54) is 18.1 Å². The highest BCUT2D eigenvalue weighted by Gasteiger charge is 2.60. The zero-order chi connectivity index (χ0) is 27.2. The third-order valence-electron chi connectivity index (χ3n) is 7.82. The van der Waals surface area contributed by atoms with Crippen molar-refractivity contribution in [3.63, 3.8) is 0 Å². The number of nitrogens with zero attached hydrogens (tertiary/aromatic N) is 3. The van der Waals surface area contributed by atoms with Crippen LogP contribution in [0.4, 0.5) is 9.18 Å². The molecule has 0 bridgehead atoms. The molecule has 1 aromatic heterocycles. The molecule has 5 rings (SSSR count). The molecule has 2 aromatic carbocycles. The molecule has 0 aliphatic carbocycles. The molecule has 10 heteroatoms. The number of likely N-dealkylation sites (N-methyl/N-ethyl adjacent to an activating group) is 1. The lowest BCUT2D eigenvalue weighted by Gasteiger charge is -2.42. The Labute approximate surface area is 220 Å². The number of benzene rings is 2. The number of aromatic amines is 1. The Morgan fingerprint density at radius 2 is 2.00 bits per heavy atom. The summed E-state index contributed by atoms with van der Waals surface area (Å²) in [5.74, 6) is -0.630. The lowest BCUT2D eigenvalue weighted by Crippen LogP contribution is -2.53. The molecule has 0 spiro atoms. The Bertz CT molecular complexity index is 1390. The Morgan fingerprint density at radius 1 is 1.21 bits per heavy atom. The van der Waals surface area contributed by atoms with Gasteiger partial charge >= 0.3 is 6.03 Å². The van der Waals surface area contributed by atoms with Crippen molar-refractivity contribution >= 4 is 22.8 Å². The van der Waals surface area contributed by atoms with E-state index in [4.69, 9.17) is 9.47 Å². The number of fused-ring (bicyclic) bond motifs is 4. The van der Waals surface area contributed by atoms with Crippen LogP contribution < -0.4 is 4.74 Å². The number of aromatic hydroxyl groups is 1. The number of phenols is 1. The van der Waals surface area contributed by atoms with Gasteiger partial charge in [-0.2, -0.15) is 0 Å². The van der Waals surface area contributed by atoms with Crippen molar-refractivity contribution in [3.05, 3.63) is 59.0 Å². The number of H-pyrrole nitrogens is 1. The van der Waals surface area contributed by atoms with Gasteiger partial charge in [0.1, 0.15) is 17.3 Å². The minimum absolute atomic E-state index is 0.0479. The third-order valence-corrected chi connectivity index (χ3v) is 7.82. The number of carbonyl (C=O) groups excluding carboxylic acids is 2. The van der Waals surface area contributed by atoms with E-state index in [0.717, 1.165) is 17.5 Å². The monoisotopic (exact) mass is 524 g/mol. The molecule has 1 fully saturated rings. The van der Waals surface area contributed by atoms with Gasteiger partial charge in [0.05, 0.1) is 13.7 Å². The van der Waals surface area contributed by atoms with E-state index in [0.29, 0.717) is 36.5 Å². The van der Waals surface area contributed by atoms with Crippen LogP contribution in [0.25, 0.3) is 10.9 Å². The van der Waals surface area contributed by atoms with Crippen molar-refractivity contribution in [2.75, 3.05) is 47.0 Å². The van der Waals surface area contributed by atoms with E-state index in [-0.39, 0.29) is 36.4 Å². The molecule has 2 unspecified atom stereocenters. The van der Waals surface area contributed by atoms with Gasteiger partial charge in [0, 0.05) is 55.8 Å². The van der Waals surface area contributed by atoms with Crippen molar-refractivity contribution in [1.29, 1.82) is 0 Å². The van der Waals surface area contributed by atoms with Crippen LogP contribution in [0.2, 0.25) is 0 Å². The average Bonchev–Trinajstić information content (AvgIpc) is 3.33. The number of amides is 3. The number of phenolic OH excluding ortho intramolecular Hbond substituents is 1. The van der Waals surface area contributed by atoms with Crippen LogP contribution in [0.15, 0.2) is 36.4 Å². The van der Waals surface area contributed by atoms with Gasteiger partial charge in [-0.05, 0) is 42.8 Å². The molecule has 3 amide bonds. The first-order chi connectivity index (χ1) is 18.2.